The van der Waals surface area contributed by atoms with Crippen molar-refractivity contribution in [1.82, 2.24) is 24.9 Å². The summed E-state index contributed by atoms with van der Waals surface area (Å²) in [4.78, 5) is 14.5. The molecule has 2 aromatic heterocycles. The van der Waals surface area contributed by atoms with Crippen molar-refractivity contribution in [3.63, 3.8) is 0 Å². The number of aromatic amines is 1. The van der Waals surface area contributed by atoms with Gasteiger partial charge in [0.25, 0.3) is 5.91 Å². The van der Waals surface area contributed by atoms with Gasteiger partial charge in [-0.1, -0.05) is 20.8 Å². The van der Waals surface area contributed by atoms with E-state index in [4.69, 9.17) is 0 Å². The second-order valence-corrected chi connectivity index (χ2v) is 8.54. The van der Waals surface area contributed by atoms with Crippen LogP contribution in [0.4, 0.5) is 19.0 Å². The molecule has 0 radical (unpaired) electrons. The van der Waals surface area contributed by atoms with Crippen molar-refractivity contribution in [2.24, 2.45) is 0 Å². The maximum absolute atomic E-state index is 13.6. The Balaban J connectivity index is 1.51. The molecule has 2 aliphatic heterocycles. The lowest BCUT2D eigenvalue weighted by molar-refractivity contribution is -0.173. The molecule has 30 heavy (non-hydrogen) atoms. The zero-order valence-corrected chi connectivity index (χ0v) is 17.3. The van der Waals surface area contributed by atoms with E-state index in [9.17, 15) is 18.0 Å². The molecule has 1 unspecified atom stereocenters. The fourth-order valence-electron chi connectivity index (χ4n) is 4.23. The Morgan fingerprint density at radius 3 is 2.73 bits per heavy atom. The molecular formula is C20H27F3N6O. The van der Waals surface area contributed by atoms with Crippen molar-refractivity contribution < 1.29 is 18.0 Å². The maximum Gasteiger partial charge on any atom is 0.410 e. The Kier molecular flexibility index (Phi) is 5.27. The second kappa shape index (κ2) is 7.63. The molecule has 1 fully saturated rings. The van der Waals surface area contributed by atoms with Crippen molar-refractivity contribution >= 4 is 11.7 Å². The Hall–Kier alpha value is -2.52. The molecule has 2 aliphatic rings. The third-order valence-electron chi connectivity index (χ3n) is 6.11. The highest BCUT2D eigenvalue weighted by Crippen LogP contribution is 2.41. The summed E-state index contributed by atoms with van der Waals surface area (Å²) in [5.74, 6) is 0.389. The molecular weight excluding hydrogens is 397 g/mol. The Bertz CT molecular complexity index is 918. The molecule has 1 amide bonds. The van der Waals surface area contributed by atoms with E-state index >= 15 is 0 Å². The van der Waals surface area contributed by atoms with Crippen LogP contribution in [0.5, 0.6) is 0 Å². The average Bonchev–Trinajstić information content (AvgIpc) is 3.44. The third kappa shape index (κ3) is 3.79. The van der Waals surface area contributed by atoms with Gasteiger partial charge in [-0.3, -0.25) is 9.89 Å². The van der Waals surface area contributed by atoms with Gasteiger partial charge < -0.3 is 10.2 Å². The van der Waals surface area contributed by atoms with Crippen molar-refractivity contribution in [3.8, 4) is 0 Å². The van der Waals surface area contributed by atoms with Crippen molar-refractivity contribution in [2.75, 3.05) is 18.4 Å². The molecule has 0 aliphatic carbocycles. The molecule has 0 aromatic carbocycles. The van der Waals surface area contributed by atoms with E-state index in [1.54, 1.807) is 17.0 Å². The first-order chi connectivity index (χ1) is 14.2. The minimum absolute atomic E-state index is 0.0270. The van der Waals surface area contributed by atoms with Crippen molar-refractivity contribution in [1.29, 1.82) is 0 Å². The van der Waals surface area contributed by atoms with Crippen LogP contribution in [0.2, 0.25) is 0 Å². The predicted molar refractivity (Wildman–Crippen MR) is 106 cm³/mol. The van der Waals surface area contributed by atoms with Gasteiger partial charge in [-0.25, -0.2) is 4.68 Å². The number of nitrogens with zero attached hydrogens (tertiary/aromatic N) is 4. The van der Waals surface area contributed by atoms with Crippen LogP contribution in [0, 0.1) is 0 Å². The summed E-state index contributed by atoms with van der Waals surface area (Å²) in [6.45, 7) is 6.85. The molecule has 10 heteroatoms. The van der Waals surface area contributed by atoms with E-state index < -0.39 is 12.2 Å². The standard InChI is InChI=1S/C20H27F3N6O/c1-4-13-7-17(20(21,22)23)29-18(24-13)9-15(27-29)12-5-6-28(10-12)19(30)16-8-14(11(2)3)25-26-16/h8-9,11-13,17,24H,4-7,10H2,1-3H3,(H,25,26)/t12?,13-,17-/m1/s1. The monoisotopic (exact) mass is 424 g/mol. The highest BCUT2D eigenvalue weighted by molar-refractivity contribution is 5.92. The van der Waals surface area contributed by atoms with E-state index in [0.29, 0.717) is 43.1 Å². The molecule has 0 bridgehead atoms. The average molecular weight is 424 g/mol. The van der Waals surface area contributed by atoms with Crippen LogP contribution >= 0.6 is 0 Å². The van der Waals surface area contributed by atoms with Gasteiger partial charge in [-0.05, 0) is 31.2 Å². The van der Waals surface area contributed by atoms with E-state index in [1.807, 2.05) is 20.8 Å². The molecule has 4 rings (SSSR count). The van der Waals surface area contributed by atoms with Gasteiger partial charge in [0.2, 0.25) is 0 Å². The number of hydrogen-bond donors (Lipinski definition) is 2. The van der Waals surface area contributed by atoms with Gasteiger partial charge in [-0.15, -0.1) is 0 Å². The third-order valence-corrected chi connectivity index (χ3v) is 6.11. The van der Waals surface area contributed by atoms with Gasteiger partial charge >= 0.3 is 6.18 Å². The molecule has 3 atom stereocenters. The first-order valence-electron chi connectivity index (χ1n) is 10.4. The quantitative estimate of drug-likeness (QED) is 0.776. The number of likely N-dealkylation sites (tertiary alicyclic amines) is 1. The van der Waals surface area contributed by atoms with Crippen molar-refractivity contribution in [2.45, 2.75) is 70.1 Å². The molecule has 2 aromatic rings. The fourth-order valence-corrected chi connectivity index (χ4v) is 4.23. The molecule has 0 spiro atoms. The van der Waals surface area contributed by atoms with Gasteiger partial charge in [0.05, 0.1) is 5.69 Å². The minimum atomic E-state index is -4.35. The summed E-state index contributed by atoms with van der Waals surface area (Å²) in [6, 6.07) is 1.62. The zero-order chi connectivity index (χ0) is 21.6. The summed E-state index contributed by atoms with van der Waals surface area (Å²) < 4.78 is 41.8. The maximum atomic E-state index is 13.6. The van der Waals surface area contributed by atoms with Crippen LogP contribution in [-0.2, 0) is 0 Å². The number of rotatable bonds is 4. The lowest BCUT2D eigenvalue weighted by Crippen LogP contribution is -2.38. The summed E-state index contributed by atoms with van der Waals surface area (Å²) in [5.41, 5.74) is 1.86. The minimum Gasteiger partial charge on any atom is -0.367 e. The van der Waals surface area contributed by atoms with E-state index in [2.05, 4.69) is 20.6 Å². The Morgan fingerprint density at radius 1 is 1.33 bits per heavy atom. The van der Waals surface area contributed by atoms with Crippen LogP contribution in [0.15, 0.2) is 12.1 Å². The van der Waals surface area contributed by atoms with Crippen LogP contribution in [0.3, 0.4) is 0 Å². The van der Waals surface area contributed by atoms with Crippen LogP contribution in [0.25, 0.3) is 0 Å². The number of halogens is 3. The number of anilines is 1. The predicted octanol–water partition coefficient (Wildman–Crippen LogP) is 4.06. The first kappa shape index (κ1) is 20.7. The van der Waals surface area contributed by atoms with E-state index in [1.165, 1.54) is 0 Å². The summed E-state index contributed by atoms with van der Waals surface area (Å²) in [6.07, 6.45) is -3.10. The normalized spacial score (nSPS) is 24.2. The molecule has 4 heterocycles. The largest absolute Gasteiger partial charge is 0.410 e. The molecule has 0 saturated carbocycles. The number of carbonyl (C=O) groups is 1. The number of fused-ring (bicyclic) bond motifs is 1. The summed E-state index contributed by atoms with van der Waals surface area (Å²) in [5, 5.41) is 14.5. The summed E-state index contributed by atoms with van der Waals surface area (Å²) >= 11 is 0. The van der Waals surface area contributed by atoms with Crippen LogP contribution in [-0.4, -0.2) is 56.1 Å². The number of alkyl halides is 3. The SMILES string of the molecule is CC[C@@H]1C[C@H](C(F)(F)F)n2nc(C3CCN(C(=O)c4cc(C(C)C)[nH]n4)C3)cc2N1. The fraction of sp³-hybridized carbons (Fsp3) is 0.650. The number of carbonyl (C=O) groups excluding carboxylic acids is 1. The molecule has 164 valence electrons. The lowest BCUT2D eigenvalue weighted by Gasteiger charge is -2.32. The molecule has 7 nitrogen and oxygen atoms in total. The second-order valence-electron chi connectivity index (χ2n) is 8.54. The number of hydrogen-bond acceptors (Lipinski definition) is 4. The first-order valence-corrected chi connectivity index (χ1v) is 10.4. The number of aromatic nitrogens is 4. The van der Waals surface area contributed by atoms with Crippen molar-refractivity contribution in [3.05, 3.63) is 29.2 Å². The Labute approximate surface area is 173 Å². The highest BCUT2D eigenvalue weighted by Gasteiger charge is 2.46. The topological polar surface area (TPSA) is 78.8 Å². The Morgan fingerprint density at radius 2 is 2.10 bits per heavy atom. The van der Waals surface area contributed by atoms with E-state index in [-0.39, 0.29) is 30.2 Å². The number of amides is 1. The number of H-pyrrole nitrogens is 1. The lowest BCUT2D eigenvalue weighted by atomic mass is 10.0. The van der Waals surface area contributed by atoms with Gasteiger partial charge in [-0.2, -0.15) is 23.4 Å². The van der Waals surface area contributed by atoms with Gasteiger partial charge in [0, 0.05) is 36.8 Å². The zero-order valence-electron chi connectivity index (χ0n) is 17.3. The highest BCUT2D eigenvalue weighted by atomic mass is 19.4. The number of nitrogens with one attached hydrogen (secondary N) is 2. The van der Waals surface area contributed by atoms with Gasteiger partial charge in [0.15, 0.2) is 6.04 Å². The molecule has 2 N–H and O–H groups in total. The molecule has 1 saturated heterocycles. The van der Waals surface area contributed by atoms with Crippen LogP contribution in [0.1, 0.15) is 79.8 Å². The smallest absolute Gasteiger partial charge is 0.367 e. The van der Waals surface area contributed by atoms with Gasteiger partial charge in [0.1, 0.15) is 11.5 Å². The van der Waals surface area contributed by atoms with Crippen LogP contribution < -0.4 is 5.32 Å². The summed E-state index contributed by atoms with van der Waals surface area (Å²) in [7, 11) is 0. The van der Waals surface area contributed by atoms with E-state index in [0.717, 1.165) is 10.4 Å².